The van der Waals surface area contributed by atoms with Gasteiger partial charge >= 0.3 is 0 Å². The number of rotatable bonds is 4. The SMILES string of the molecule is Fc1c(F)c(Sc2ccccc2)c(F)c(Sc2ccccc2)c1F. The van der Waals surface area contributed by atoms with Gasteiger partial charge in [-0.15, -0.1) is 0 Å². The summed E-state index contributed by atoms with van der Waals surface area (Å²) in [6, 6.07) is 16.8. The molecule has 0 N–H and O–H groups in total. The van der Waals surface area contributed by atoms with Crippen LogP contribution in [0.4, 0.5) is 17.6 Å². The summed E-state index contributed by atoms with van der Waals surface area (Å²) in [5, 5.41) is 0. The highest BCUT2D eigenvalue weighted by Gasteiger charge is 2.26. The van der Waals surface area contributed by atoms with Crippen molar-refractivity contribution in [3.05, 3.63) is 83.9 Å². The van der Waals surface area contributed by atoms with Crippen LogP contribution in [0.25, 0.3) is 0 Å². The average molecular weight is 366 g/mol. The maximum atomic E-state index is 14.7. The number of halogens is 4. The molecule has 0 nitrogen and oxygen atoms in total. The Balaban J connectivity index is 2.06. The summed E-state index contributed by atoms with van der Waals surface area (Å²) in [6.45, 7) is 0. The fourth-order valence-corrected chi connectivity index (χ4v) is 3.85. The molecule has 3 aromatic rings. The molecule has 6 heteroatoms. The molecule has 24 heavy (non-hydrogen) atoms. The third-order valence-corrected chi connectivity index (χ3v) is 5.25. The van der Waals surface area contributed by atoms with E-state index in [0.717, 1.165) is 23.5 Å². The highest BCUT2D eigenvalue weighted by atomic mass is 32.2. The number of benzene rings is 3. The van der Waals surface area contributed by atoms with Gasteiger partial charge in [-0.3, -0.25) is 0 Å². The zero-order valence-electron chi connectivity index (χ0n) is 12.1. The molecule has 0 fully saturated rings. The van der Waals surface area contributed by atoms with Gasteiger partial charge in [-0.25, -0.2) is 17.6 Å². The van der Waals surface area contributed by atoms with Crippen LogP contribution in [-0.2, 0) is 0 Å². The predicted molar refractivity (Wildman–Crippen MR) is 87.4 cm³/mol. The van der Waals surface area contributed by atoms with Crippen LogP contribution in [0.15, 0.2) is 80.2 Å². The summed E-state index contributed by atoms with van der Waals surface area (Å²) in [5.41, 5.74) is 0. The number of hydrogen-bond donors (Lipinski definition) is 0. The predicted octanol–water partition coefficient (Wildman–Crippen LogP) is 6.55. The Morgan fingerprint density at radius 1 is 0.458 bits per heavy atom. The molecule has 0 saturated carbocycles. The monoisotopic (exact) mass is 366 g/mol. The molecular formula is C18H10F4S2. The van der Waals surface area contributed by atoms with E-state index in [0.29, 0.717) is 9.79 Å². The fourth-order valence-electron chi connectivity index (χ4n) is 1.98. The van der Waals surface area contributed by atoms with E-state index in [1.807, 2.05) is 0 Å². The molecule has 3 rings (SSSR count). The maximum Gasteiger partial charge on any atom is 0.196 e. The van der Waals surface area contributed by atoms with Gasteiger partial charge in [-0.05, 0) is 24.3 Å². The van der Waals surface area contributed by atoms with E-state index in [9.17, 15) is 17.6 Å². The van der Waals surface area contributed by atoms with Gasteiger partial charge in [0.05, 0.1) is 9.79 Å². The van der Waals surface area contributed by atoms with E-state index in [4.69, 9.17) is 0 Å². The van der Waals surface area contributed by atoms with Crippen LogP contribution in [0.5, 0.6) is 0 Å². The fraction of sp³-hybridized carbons (Fsp3) is 0. The van der Waals surface area contributed by atoms with Gasteiger partial charge in [-0.2, -0.15) is 0 Å². The second kappa shape index (κ2) is 7.32. The van der Waals surface area contributed by atoms with Crippen LogP contribution < -0.4 is 0 Å². The molecule has 3 aromatic carbocycles. The van der Waals surface area contributed by atoms with Crippen LogP contribution in [0, 0.1) is 23.3 Å². The van der Waals surface area contributed by atoms with E-state index in [1.54, 1.807) is 60.7 Å². The van der Waals surface area contributed by atoms with E-state index in [2.05, 4.69) is 0 Å². The van der Waals surface area contributed by atoms with Crippen LogP contribution in [0.2, 0.25) is 0 Å². The molecule has 0 saturated heterocycles. The molecule has 0 heterocycles. The van der Waals surface area contributed by atoms with Crippen molar-refractivity contribution in [2.24, 2.45) is 0 Å². The van der Waals surface area contributed by atoms with Crippen molar-refractivity contribution in [3.63, 3.8) is 0 Å². The first-order valence-electron chi connectivity index (χ1n) is 6.89. The lowest BCUT2D eigenvalue weighted by atomic mass is 10.3. The lowest BCUT2D eigenvalue weighted by Crippen LogP contribution is -2.01. The third-order valence-electron chi connectivity index (χ3n) is 3.11. The molecule has 0 bridgehead atoms. The third kappa shape index (κ3) is 3.44. The summed E-state index contributed by atoms with van der Waals surface area (Å²) < 4.78 is 56.6. The second-order valence-corrected chi connectivity index (χ2v) is 6.91. The molecule has 0 radical (unpaired) electrons. The maximum absolute atomic E-state index is 14.7. The van der Waals surface area contributed by atoms with Gasteiger partial charge in [0, 0.05) is 9.79 Å². The Bertz CT molecular complexity index is 783. The van der Waals surface area contributed by atoms with Crippen molar-refractivity contribution in [1.29, 1.82) is 0 Å². The van der Waals surface area contributed by atoms with Gasteiger partial charge < -0.3 is 0 Å². The van der Waals surface area contributed by atoms with Crippen molar-refractivity contribution in [3.8, 4) is 0 Å². The first-order chi connectivity index (χ1) is 11.6. The number of hydrogen-bond acceptors (Lipinski definition) is 2. The van der Waals surface area contributed by atoms with E-state index < -0.39 is 33.1 Å². The topological polar surface area (TPSA) is 0 Å². The molecule has 0 aliphatic rings. The normalized spacial score (nSPS) is 10.8. The summed E-state index contributed by atoms with van der Waals surface area (Å²) in [7, 11) is 0. The van der Waals surface area contributed by atoms with Crippen molar-refractivity contribution in [2.45, 2.75) is 19.6 Å². The van der Waals surface area contributed by atoms with Gasteiger partial charge in [0.1, 0.15) is 0 Å². The van der Waals surface area contributed by atoms with E-state index in [-0.39, 0.29) is 0 Å². The van der Waals surface area contributed by atoms with Gasteiger partial charge in [0.2, 0.25) is 0 Å². The van der Waals surface area contributed by atoms with Crippen LogP contribution >= 0.6 is 23.5 Å². The summed E-state index contributed by atoms with van der Waals surface area (Å²) in [5.74, 6) is -5.81. The summed E-state index contributed by atoms with van der Waals surface area (Å²) >= 11 is 1.44. The van der Waals surface area contributed by atoms with Crippen LogP contribution in [0.3, 0.4) is 0 Å². The van der Waals surface area contributed by atoms with E-state index in [1.165, 1.54) is 0 Å². The highest BCUT2D eigenvalue weighted by molar-refractivity contribution is 8.00. The van der Waals surface area contributed by atoms with Crippen molar-refractivity contribution in [1.82, 2.24) is 0 Å². The van der Waals surface area contributed by atoms with E-state index >= 15 is 0 Å². The molecule has 0 aliphatic heterocycles. The largest absolute Gasteiger partial charge is 0.204 e. The van der Waals surface area contributed by atoms with Gasteiger partial charge in [0.15, 0.2) is 23.3 Å². The van der Waals surface area contributed by atoms with Gasteiger partial charge in [0.25, 0.3) is 0 Å². The molecular weight excluding hydrogens is 356 g/mol. The quantitative estimate of drug-likeness (QED) is 0.292. The molecule has 0 aromatic heterocycles. The Morgan fingerprint density at radius 2 is 0.833 bits per heavy atom. The Labute approximate surface area is 144 Å². The van der Waals surface area contributed by atoms with Crippen LogP contribution in [0.1, 0.15) is 0 Å². The minimum absolute atomic E-state index is 0.525. The minimum atomic E-state index is -1.67. The molecule has 0 atom stereocenters. The van der Waals surface area contributed by atoms with Crippen LogP contribution in [-0.4, -0.2) is 0 Å². The van der Waals surface area contributed by atoms with Gasteiger partial charge in [-0.1, -0.05) is 59.9 Å². The standard InChI is InChI=1S/C18H10F4S2/c19-13-14(20)17(23-11-7-3-1-4-8-11)16(22)18(15(13)21)24-12-9-5-2-6-10-12/h1-10H. The molecule has 122 valence electrons. The molecule has 0 unspecified atom stereocenters. The average Bonchev–Trinajstić information content (AvgIpc) is 2.62. The lowest BCUT2D eigenvalue weighted by molar-refractivity contribution is 0.395. The Kier molecular flexibility index (Phi) is 5.16. The molecule has 0 amide bonds. The summed E-state index contributed by atoms with van der Waals surface area (Å²) in [4.78, 5) is -0.0639. The summed E-state index contributed by atoms with van der Waals surface area (Å²) in [6.07, 6.45) is 0. The first-order valence-corrected chi connectivity index (χ1v) is 8.53. The zero-order valence-corrected chi connectivity index (χ0v) is 13.7. The lowest BCUT2D eigenvalue weighted by Gasteiger charge is -2.12. The second-order valence-electron chi connectivity index (χ2n) is 4.74. The molecule has 0 spiro atoms. The highest BCUT2D eigenvalue weighted by Crippen LogP contribution is 2.41. The first kappa shape index (κ1) is 16.9. The van der Waals surface area contributed by atoms with Crippen molar-refractivity contribution in [2.75, 3.05) is 0 Å². The molecule has 0 aliphatic carbocycles. The smallest absolute Gasteiger partial charge is 0.196 e. The minimum Gasteiger partial charge on any atom is -0.204 e. The van der Waals surface area contributed by atoms with Crippen molar-refractivity contribution < 1.29 is 17.6 Å². The Hall–Kier alpha value is -1.92. The zero-order chi connectivity index (χ0) is 17.1. The Morgan fingerprint density at radius 3 is 1.21 bits per heavy atom. The van der Waals surface area contributed by atoms with Crippen molar-refractivity contribution >= 4 is 23.5 Å².